The molecule has 0 atom stereocenters. The molecule has 0 aliphatic rings. The van der Waals surface area contributed by atoms with Gasteiger partial charge in [0.15, 0.2) is 0 Å². The molecule has 3 N–H and O–H groups in total. The van der Waals surface area contributed by atoms with Gasteiger partial charge in [-0.3, -0.25) is 4.72 Å². The Labute approximate surface area is 130 Å². The van der Waals surface area contributed by atoms with Gasteiger partial charge in [0.25, 0.3) is 10.0 Å². The van der Waals surface area contributed by atoms with E-state index in [4.69, 9.17) is 10.5 Å². The molecule has 2 heterocycles. The number of hydrogen-bond donors (Lipinski definition) is 2. The molecule has 0 radical (unpaired) electrons. The van der Waals surface area contributed by atoms with Gasteiger partial charge in [-0.05, 0) is 35.0 Å². The summed E-state index contributed by atoms with van der Waals surface area (Å²) >= 11 is 3.16. The van der Waals surface area contributed by atoms with Crippen LogP contribution in [0.4, 0.5) is 11.5 Å². The van der Waals surface area contributed by atoms with Crippen molar-refractivity contribution in [3.63, 3.8) is 0 Å². The van der Waals surface area contributed by atoms with Crippen molar-refractivity contribution >= 4 is 37.5 Å². The number of nitrogens with zero attached hydrogens (tertiary/aromatic N) is 2. The maximum absolute atomic E-state index is 12.3. The van der Waals surface area contributed by atoms with Crippen LogP contribution in [0.2, 0.25) is 0 Å². The molecule has 0 aliphatic heterocycles. The first-order valence-corrected chi connectivity index (χ1v) is 8.22. The predicted octanol–water partition coefficient (Wildman–Crippen LogP) is 2.02. The van der Waals surface area contributed by atoms with Gasteiger partial charge in [0.1, 0.15) is 10.7 Å². The van der Waals surface area contributed by atoms with Crippen molar-refractivity contribution in [1.82, 2.24) is 9.97 Å². The minimum Gasteiger partial charge on any atom is -0.478 e. The van der Waals surface area contributed by atoms with Crippen LogP contribution in [0.5, 0.6) is 5.88 Å². The van der Waals surface area contributed by atoms with E-state index in [2.05, 4.69) is 30.6 Å². The summed E-state index contributed by atoms with van der Waals surface area (Å²) in [5.41, 5.74) is 5.91. The van der Waals surface area contributed by atoms with Crippen LogP contribution >= 0.6 is 15.9 Å². The molecule has 0 saturated heterocycles. The molecule has 7 nitrogen and oxygen atoms in total. The van der Waals surface area contributed by atoms with Gasteiger partial charge < -0.3 is 10.5 Å². The van der Waals surface area contributed by atoms with Crippen LogP contribution in [0.25, 0.3) is 0 Å². The number of anilines is 2. The third-order valence-electron chi connectivity index (χ3n) is 2.42. The van der Waals surface area contributed by atoms with Crippen molar-refractivity contribution in [2.75, 3.05) is 17.1 Å². The Morgan fingerprint density at radius 1 is 1.33 bits per heavy atom. The Kier molecular flexibility index (Phi) is 4.63. The molecule has 2 aromatic rings. The Morgan fingerprint density at radius 2 is 2.10 bits per heavy atom. The van der Waals surface area contributed by atoms with Crippen LogP contribution in [-0.4, -0.2) is 25.0 Å². The molecule has 0 fully saturated rings. The van der Waals surface area contributed by atoms with Gasteiger partial charge in [-0.1, -0.05) is 0 Å². The normalized spacial score (nSPS) is 11.1. The van der Waals surface area contributed by atoms with E-state index in [1.54, 1.807) is 12.1 Å². The molecule has 2 rings (SSSR count). The SMILES string of the molecule is CCOc1ccc(NS(=O)(=O)c2cc(Br)cnc2N)cn1. The Hall–Kier alpha value is -1.87. The van der Waals surface area contributed by atoms with Crippen LogP contribution in [0.15, 0.2) is 40.0 Å². The summed E-state index contributed by atoms with van der Waals surface area (Å²) in [6.07, 6.45) is 2.79. The van der Waals surface area contributed by atoms with E-state index in [-0.39, 0.29) is 10.7 Å². The molecular formula is C12H13BrN4O3S. The summed E-state index contributed by atoms with van der Waals surface area (Å²) in [4.78, 5) is 7.68. The van der Waals surface area contributed by atoms with E-state index in [1.807, 2.05) is 6.92 Å². The van der Waals surface area contributed by atoms with Gasteiger partial charge in [0.2, 0.25) is 5.88 Å². The Bertz CT molecular complexity index is 735. The highest BCUT2D eigenvalue weighted by atomic mass is 79.9. The van der Waals surface area contributed by atoms with E-state index in [1.165, 1.54) is 18.5 Å². The maximum atomic E-state index is 12.3. The molecule has 0 amide bonds. The number of nitrogen functional groups attached to an aromatic ring is 1. The highest BCUT2D eigenvalue weighted by molar-refractivity contribution is 9.10. The number of nitrogens with one attached hydrogen (secondary N) is 1. The lowest BCUT2D eigenvalue weighted by Crippen LogP contribution is -2.15. The standard InChI is InChI=1S/C12H13BrN4O3S/c1-2-20-11-4-3-9(7-15-11)17-21(18,19)10-5-8(13)6-16-12(10)14/h3-7,17H,2H2,1H3,(H2,14,16). The summed E-state index contributed by atoms with van der Waals surface area (Å²) < 4.78 is 32.6. The highest BCUT2D eigenvalue weighted by Crippen LogP contribution is 2.23. The van der Waals surface area contributed by atoms with Crippen molar-refractivity contribution < 1.29 is 13.2 Å². The first-order chi connectivity index (χ1) is 9.92. The summed E-state index contributed by atoms with van der Waals surface area (Å²) in [5, 5.41) is 0. The van der Waals surface area contributed by atoms with Crippen LogP contribution < -0.4 is 15.2 Å². The molecule has 2 aromatic heterocycles. The molecule has 0 unspecified atom stereocenters. The van der Waals surface area contributed by atoms with Crippen molar-refractivity contribution in [3.8, 4) is 5.88 Å². The zero-order valence-electron chi connectivity index (χ0n) is 11.1. The average molecular weight is 373 g/mol. The van der Waals surface area contributed by atoms with Crippen LogP contribution in [0.1, 0.15) is 6.92 Å². The number of aromatic nitrogens is 2. The highest BCUT2D eigenvalue weighted by Gasteiger charge is 2.19. The molecule has 0 aromatic carbocycles. The quantitative estimate of drug-likeness (QED) is 0.830. The van der Waals surface area contributed by atoms with Crippen molar-refractivity contribution in [3.05, 3.63) is 35.1 Å². The van der Waals surface area contributed by atoms with Crippen molar-refractivity contribution in [1.29, 1.82) is 0 Å². The number of pyridine rings is 2. The lowest BCUT2D eigenvalue weighted by Gasteiger charge is -2.10. The van der Waals surface area contributed by atoms with Gasteiger partial charge in [-0.25, -0.2) is 18.4 Å². The molecular weight excluding hydrogens is 360 g/mol. The summed E-state index contributed by atoms with van der Waals surface area (Å²) in [6.45, 7) is 2.32. The predicted molar refractivity (Wildman–Crippen MR) is 82.6 cm³/mol. The van der Waals surface area contributed by atoms with Crippen LogP contribution in [0.3, 0.4) is 0 Å². The smallest absolute Gasteiger partial charge is 0.265 e. The lowest BCUT2D eigenvalue weighted by atomic mass is 10.4. The van der Waals surface area contributed by atoms with Crippen LogP contribution in [0, 0.1) is 0 Å². The first kappa shape index (κ1) is 15.5. The minimum absolute atomic E-state index is 0.0791. The second-order valence-electron chi connectivity index (χ2n) is 3.96. The maximum Gasteiger partial charge on any atom is 0.265 e. The van der Waals surface area contributed by atoms with Gasteiger partial charge in [-0.2, -0.15) is 0 Å². The first-order valence-electron chi connectivity index (χ1n) is 5.95. The number of rotatable bonds is 5. The summed E-state index contributed by atoms with van der Waals surface area (Å²) in [5.74, 6) is 0.341. The largest absolute Gasteiger partial charge is 0.478 e. The Morgan fingerprint density at radius 3 is 2.71 bits per heavy atom. The number of hydrogen-bond acceptors (Lipinski definition) is 6. The van der Waals surface area contributed by atoms with Gasteiger partial charge in [-0.15, -0.1) is 0 Å². The number of halogens is 1. The van der Waals surface area contributed by atoms with Crippen molar-refractivity contribution in [2.45, 2.75) is 11.8 Å². The van der Waals surface area contributed by atoms with E-state index < -0.39 is 10.0 Å². The summed E-state index contributed by atoms with van der Waals surface area (Å²) in [6, 6.07) is 4.51. The number of nitrogens with two attached hydrogens (primary N) is 1. The van der Waals surface area contributed by atoms with E-state index in [0.717, 1.165) is 0 Å². The lowest BCUT2D eigenvalue weighted by molar-refractivity contribution is 0.327. The number of sulfonamides is 1. The molecule has 0 saturated carbocycles. The van der Waals surface area contributed by atoms with Gasteiger partial charge >= 0.3 is 0 Å². The zero-order valence-corrected chi connectivity index (χ0v) is 13.5. The fraction of sp³-hybridized carbons (Fsp3) is 0.167. The second kappa shape index (κ2) is 6.27. The summed E-state index contributed by atoms with van der Waals surface area (Å²) in [7, 11) is -3.84. The van der Waals surface area contributed by atoms with E-state index in [9.17, 15) is 8.42 Å². The Balaban J connectivity index is 2.26. The third-order valence-corrected chi connectivity index (χ3v) is 4.26. The monoisotopic (exact) mass is 372 g/mol. The van der Waals surface area contributed by atoms with Crippen LogP contribution in [-0.2, 0) is 10.0 Å². The van der Waals surface area contributed by atoms with E-state index >= 15 is 0 Å². The molecule has 112 valence electrons. The fourth-order valence-corrected chi connectivity index (χ4v) is 3.16. The average Bonchev–Trinajstić information content (AvgIpc) is 2.43. The fourth-order valence-electron chi connectivity index (χ4n) is 1.53. The zero-order chi connectivity index (χ0) is 15.5. The molecule has 0 spiro atoms. The third kappa shape index (κ3) is 3.82. The minimum atomic E-state index is -3.84. The molecule has 0 bridgehead atoms. The van der Waals surface area contributed by atoms with Gasteiger partial charge in [0.05, 0.1) is 18.5 Å². The number of ether oxygens (including phenoxy) is 1. The molecule has 21 heavy (non-hydrogen) atoms. The van der Waals surface area contributed by atoms with Gasteiger partial charge in [0, 0.05) is 16.7 Å². The topological polar surface area (TPSA) is 107 Å². The van der Waals surface area contributed by atoms with Crippen molar-refractivity contribution in [2.24, 2.45) is 0 Å². The second-order valence-corrected chi connectivity index (χ2v) is 6.53. The van der Waals surface area contributed by atoms with E-state index in [0.29, 0.717) is 22.6 Å². The molecule has 0 aliphatic carbocycles. The molecule has 9 heteroatoms.